The Hall–Kier alpha value is -0.923. The van der Waals surface area contributed by atoms with Crippen LogP contribution < -0.4 is 0 Å². The van der Waals surface area contributed by atoms with Gasteiger partial charge in [-0.3, -0.25) is 0 Å². The summed E-state index contributed by atoms with van der Waals surface area (Å²) >= 11 is 0. The first-order valence-corrected chi connectivity index (χ1v) is 20.6. The van der Waals surface area contributed by atoms with Crippen LogP contribution in [0, 0.1) is 57.7 Å². The Morgan fingerprint density at radius 3 is 2.47 bits per heavy atom. The van der Waals surface area contributed by atoms with E-state index in [1.54, 1.807) is 0 Å². The average molecular weight is 616 g/mol. The number of hydrogen-bond donors (Lipinski definition) is 0. The van der Waals surface area contributed by atoms with Gasteiger partial charge in [-0.05, 0) is 130 Å². The molecule has 0 aromatic rings. The molecule has 0 saturated heterocycles. The van der Waals surface area contributed by atoms with Crippen molar-refractivity contribution in [1.82, 2.24) is 0 Å². The molecule has 5 saturated carbocycles. The molecule has 5 fully saturated rings. The number of hydrogen-bond acceptors (Lipinski definition) is 6. The molecule has 0 bridgehead atoms. The highest BCUT2D eigenvalue weighted by Crippen LogP contribution is 2.82. The lowest BCUT2D eigenvalue weighted by atomic mass is 9.45. The van der Waals surface area contributed by atoms with Crippen molar-refractivity contribution in [2.24, 2.45) is 62.8 Å². The van der Waals surface area contributed by atoms with E-state index in [-0.39, 0.29) is 34.4 Å². The zero-order valence-electron chi connectivity index (χ0n) is 29.1. The van der Waals surface area contributed by atoms with Gasteiger partial charge in [0.1, 0.15) is 0 Å². The van der Waals surface area contributed by atoms with Crippen molar-refractivity contribution in [2.75, 3.05) is 13.7 Å². The van der Waals surface area contributed by atoms with E-state index in [1.807, 2.05) is 21.0 Å². The van der Waals surface area contributed by atoms with Gasteiger partial charge in [0, 0.05) is 12.5 Å². The minimum Gasteiger partial charge on any atom is -0.463 e. The van der Waals surface area contributed by atoms with Crippen molar-refractivity contribution >= 4 is 20.0 Å². The van der Waals surface area contributed by atoms with Gasteiger partial charge >= 0.3 is 5.97 Å². The highest BCUT2D eigenvalue weighted by Gasteiger charge is 2.77. The molecule has 6 rings (SSSR count). The number of methoxy groups -OCH3 is 1. The largest absolute Gasteiger partial charge is 0.463 e. The number of carbonyl (C=O) groups excluding carboxylic acids is 1. The molecular formula is C36H61NO5Si. The Labute approximate surface area is 262 Å². The monoisotopic (exact) mass is 615 g/mol. The van der Waals surface area contributed by atoms with Gasteiger partial charge in [0.25, 0.3) is 0 Å². The number of carbonyl (C=O) groups is 1. The maximum atomic E-state index is 13.2. The third kappa shape index (κ3) is 4.50. The third-order valence-electron chi connectivity index (χ3n) is 15.3. The Morgan fingerprint density at radius 1 is 1.12 bits per heavy atom. The van der Waals surface area contributed by atoms with Gasteiger partial charge in [-0.2, -0.15) is 0 Å². The van der Waals surface area contributed by atoms with E-state index in [2.05, 4.69) is 59.8 Å². The fraction of sp³-hybridized carbons (Fsp3) is 0.944. The van der Waals surface area contributed by atoms with E-state index in [9.17, 15) is 4.79 Å². The number of esters is 1. The summed E-state index contributed by atoms with van der Waals surface area (Å²) in [5, 5.41) is 4.44. The second kappa shape index (κ2) is 10.6. The van der Waals surface area contributed by atoms with Gasteiger partial charge in [0.15, 0.2) is 8.32 Å². The molecule has 6 aliphatic rings. The Morgan fingerprint density at radius 2 is 1.84 bits per heavy atom. The molecule has 43 heavy (non-hydrogen) atoms. The quantitative estimate of drug-likeness (QED) is 0.203. The van der Waals surface area contributed by atoms with Gasteiger partial charge in [-0.15, -0.1) is 0 Å². The van der Waals surface area contributed by atoms with Crippen LogP contribution in [0.5, 0.6) is 0 Å². The molecule has 244 valence electrons. The molecule has 0 amide bonds. The van der Waals surface area contributed by atoms with Crippen molar-refractivity contribution in [3.05, 3.63) is 0 Å². The van der Waals surface area contributed by atoms with Crippen LogP contribution in [-0.2, 0) is 23.5 Å². The summed E-state index contributed by atoms with van der Waals surface area (Å²) in [6.45, 7) is 23.5. The van der Waals surface area contributed by atoms with Gasteiger partial charge in [-0.1, -0.05) is 46.7 Å². The fourth-order valence-electron chi connectivity index (χ4n) is 12.0. The van der Waals surface area contributed by atoms with Crippen LogP contribution in [0.3, 0.4) is 0 Å². The predicted octanol–water partition coefficient (Wildman–Crippen LogP) is 8.25. The molecule has 7 heteroatoms. The number of rotatable bonds is 8. The normalized spacial score (nSPS) is 46.5. The van der Waals surface area contributed by atoms with Crippen LogP contribution >= 0.6 is 0 Å². The van der Waals surface area contributed by atoms with Crippen molar-refractivity contribution in [3.8, 4) is 0 Å². The summed E-state index contributed by atoms with van der Waals surface area (Å²) in [5.74, 6) is 3.50. The van der Waals surface area contributed by atoms with E-state index in [0.29, 0.717) is 29.5 Å². The minimum absolute atomic E-state index is 0.0552. The van der Waals surface area contributed by atoms with E-state index < -0.39 is 14.4 Å². The highest BCUT2D eigenvalue weighted by atomic mass is 28.4. The topological polar surface area (TPSA) is 66.4 Å². The van der Waals surface area contributed by atoms with Crippen molar-refractivity contribution in [3.63, 3.8) is 0 Å². The second-order valence-corrected chi connectivity index (χ2v) is 22.5. The molecule has 2 unspecified atom stereocenters. The molecule has 0 aromatic carbocycles. The molecule has 0 radical (unpaired) electrons. The molecule has 0 N–H and O–H groups in total. The molecule has 13 atom stereocenters. The summed E-state index contributed by atoms with van der Waals surface area (Å²) in [4.78, 5) is 19.0. The zero-order chi connectivity index (χ0) is 31.3. The number of fused-ring (bicyclic) bond motifs is 4. The molecular weight excluding hydrogens is 554 g/mol. The predicted molar refractivity (Wildman–Crippen MR) is 173 cm³/mol. The van der Waals surface area contributed by atoms with E-state index >= 15 is 0 Å². The molecule has 5 aliphatic carbocycles. The lowest BCUT2D eigenvalue weighted by molar-refractivity contribution is -0.165. The maximum absolute atomic E-state index is 13.2. The van der Waals surface area contributed by atoms with Crippen molar-refractivity contribution in [2.45, 2.75) is 143 Å². The van der Waals surface area contributed by atoms with Crippen LogP contribution in [0.4, 0.5) is 0 Å². The number of oxime groups is 1. The molecule has 1 heterocycles. The summed E-state index contributed by atoms with van der Waals surface area (Å²) in [6, 6.07) is 0. The summed E-state index contributed by atoms with van der Waals surface area (Å²) in [6.07, 6.45) is 10.2. The smallest absolute Gasteiger partial charge is 0.351 e. The van der Waals surface area contributed by atoms with Crippen molar-refractivity contribution in [1.29, 1.82) is 0 Å². The lowest BCUT2D eigenvalue weighted by Crippen LogP contribution is -2.58. The molecule has 6 nitrogen and oxygen atoms in total. The Kier molecular flexibility index (Phi) is 7.86. The van der Waals surface area contributed by atoms with Crippen molar-refractivity contribution < 1.29 is 23.5 Å². The van der Waals surface area contributed by atoms with Crippen LogP contribution in [0.2, 0.25) is 18.1 Å². The Bertz CT molecular complexity index is 1130. The molecule has 0 aromatic heterocycles. The minimum atomic E-state index is -2.18. The SMILES string of the molecule is CCOC(=O)C1ON=C(C)C1[C@H](O[Si](C)(C)C(C)(C)C)[C@@H](C)[C@H]1CC[C@H]2[C@@H]3C[C@@H](OC)[C@]45C[C@H]4CC[C@]5(C)[C@H]3CC[C@]12C. The molecule has 1 aliphatic heterocycles. The summed E-state index contributed by atoms with van der Waals surface area (Å²) in [7, 11) is -0.188. The van der Waals surface area contributed by atoms with Gasteiger partial charge in [0.2, 0.25) is 6.10 Å². The average Bonchev–Trinajstić information content (AvgIpc) is 3.18. The summed E-state index contributed by atoms with van der Waals surface area (Å²) in [5.41, 5.74) is 2.04. The van der Waals surface area contributed by atoms with E-state index in [4.69, 9.17) is 18.7 Å². The number of nitrogens with zero attached hydrogens (tertiary/aromatic N) is 1. The standard InChI is InChI=1S/C36H61NO5Si/c1-12-40-32(38)31-29(22(3)37-41-31)30(42-43(10,11)33(4,5)6)21(2)25-13-14-26-24-19-28(39-9)36-20-23(36)15-18-35(36,8)27(24)16-17-34(25,26)7/h21,23-31H,12-20H2,1-11H3/t21-,23+,24-,25+,26-,27-,28+,29?,30+,31?,34+,35+,36-/m0/s1. The first-order valence-electron chi connectivity index (χ1n) is 17.6. The van der Waals surface area contributed by atoms with Crippen LogP contribution in [0.25, 0.3) is 0 Å². The first kappa shape index (κ1) is 32.0. The zero-order valence-corrected chi connectivity index (χ0v) is 30.1. The molecule has 1 spiro atoms. The van der Waals surface area contributed by atoms with E-state index in [1.165, 1.54) is 51.4 Å². The van der Waals surface area contributed by atoms with Gasteiger partial charge < -0.3 is 18.7 Å². The second-order valence-electron chi connectivity index (χ2n) is 17.7. The summed E-state index contributed by atoms with van der Waals surface area (Å²) < 4.78 is 19.3. The lowest BCUT2D eigenvalue weighted by Gasteiger charge is -2.61. The third-order valence-corrected chi connectivity index (χ3v) is 19.8. The van der Waals surface area contributed by atoms with Gasteiger partial charge in [-0.25, -0.2) is 4.79 Å². The fourth-order valence-corrected chi connectivity index (χ4v) is 13.4. The Balaban J connectivity index is 1.31. The van der Waals surface area contributed by atoms with Crippen LogP contribution in [0.1, 0.15) is 107 Å². The maximum Gasteiger partial charge on any atom is 0.351 e. The number of ether oxygens (including phenoxy) is 2. The first-order chi connectivity index (χ1) is 20.1. The van der Waals surface area contributed by atoms with Crippen LogP contribution in [-0.4, -0.2) is 52.0 Å². The van der Waals surface area contributed by atoms with Gasteiger partial charge in [0.05, 0.1) is 30.4 Å². The van der Waals surface area contributed by atoms with E-state index in [0.717, 1.165) is 29.4 Å². The highest BCUT2D eigenvalue weighted by molar-refractivity contribution is 6.74. The van der Waals surface area contributed by atoms with Crippen LogP contribution in [0.15, 0.2) is 5.16 Å².